The number of hydrogen-bond acceptors (Lipinski definition) is 4. The Hall–Kier alpha value is -2.60. The Kier molecular flexibility index (Phi) is 4.66. The molecule has 0 bridgehead atoms. The molecular formula is C18H20N2O4. The standard InChI is InChI=1S/C18H20N2O4/c1-20-9-3-4-13(20)10-12-11-19-14-5-2-6-15(18(12)14)24-17(23)8-7-16(21)22/h2,5-8,11,13,19H,3-4,9-10H2,1H3,(H,21,22)/b8-7-/t13-/m1/s1. The van der Waals surface area contributed by atoms with Crippen LogP contribution in [-0.2, 0) is 16.0 Å². The van der Waals surface area contributed by atoms with Crippen molar-refractivity contribution >= 4 is 22.8 Å². The monoisotopic (exact) mass is 328 g/mol. The Morgan fingerprint density at radius 3 is 2.96 bits per heavy atom. The average Bonchev–Trinajstić information content (AvgIpc) is 3.13. The van der Waals surface area contributed by atoms with Crippen molar-refractivity contribution in [3.8, 4) is 5.75 Å². The van der Waals surface area contributed by atoms with Crippen LogP contribution in [0.3, 0.4) is 0 Å². The number of nitrogens with one attached hydrogen (secondary N) is 1. The highest BCUT2D eigenvalue weighted by Gasteiger charge is 2.23. The molecule has 0 spiro atoms. The number of esters is 1. The third-order valence-corrected chi connectivity index (χ3v) is 4.45. The van der Waals surface area contributed by atoms with Gasteiger partial charge in [0.25, 0.3) is 0 Å². The van der Waals surface area contributed by atoms with Crippen molar-refractivity contribution in [3.63, 3.8) is 0 Å². The van der Waals surface area contributed by atoms with E-state index in [1.54, 1.807) is 12.1 Å². The number of aromatic amines is 1. The molecule has 1 aliphatic heterocycles. The zero-order valence-electron chi connectivity index (χ0n) is 13.5. The first-order chi connectivity index (χ1) is 11.5. The SMILES string of the molecule is CN1CCC[C@@H]1Cc1c[nH]c2cccc(OC(=O)/C=C\C(=O)O)c12. The maximum atomic E-state index is 11.8. The molecule has 0 unspecified atom stereocenters. The lowest BCUT2D eigenvalue weighted by Gasteiger charge is -2.19. The Bertz CT molecular complexity index is 793. The molecule has 0 amide bonds. The lowest BCUT2D eigenvalue weighted by Crippen LogP contribution is -2.26. The van der Waals surface area contributed by atoms with Gasteiger partial charge in [-0.3, -0.25) is 0 Å². The summed E-state index contributed by atoms with van der Waals surface area (Å²) >= 11 is 0. The van der Waals surface area contributed by atoms with Crippen molar-refractivity contribution in [1.82, 2.24) is 9.88 Å². The van der Waals surface area contributed by atoms with Crippen LogP contribution in [0.1, 0.15) is 18.4 Å². The molecule has 0 aliphatic carbocycles. The molecule has 1 atom stereocenters. The van der Waals surface area contributed by atoms with Gasteiger partial charge in [0.2, 0.25) is 0 Å². The van der Waals surface area contributed by atoms with Crippen LogP contribution in [0.5, 0.6) is 5.75 Å². The van der Waals surface area contributed by atoms with Crippen molar-refractivity contribution in [3.05, 3.63) is 42.1 Å². The summed E-state index contributed by atoms with van der Waals surface area (Å²) in [5.41, 5.74) is 2.01. The summed E-state index contributed by atoms with van der Waals surface area (Å²) in [7, 11) is 2.13. The predicted molar refractivity (Wildman–Crippen MR) is 90.1 cm³/mol. The van der Waals surface area contributed by atoms with Crippen LogP contribution in [0.4, 0.5) is 0 Å². The number of nitrogens with zero attached hydrogens (tertiary/aromatic N) is 1. The maximum absolute atomic E-state index is 11.8. The number of fused-ring (bicyclic) bond motifs is 1. The number of carboxylic acid groups (broad SMARTS) is 1. The second kappa shape index (κ2) is 6.88. The van der Waals surface area contributed by atoms with Crippen LogP contribution in [0.15, 0.2) is 36.5 Å². The molecule has 6 heteroatoms. The van der Waals surface area contributed by atoms with Crippen LogP contribution >= 0.6 is 0 Å². The van der Waals surface area contributed by atoms with Crippen molar-refractivity contribution in [1.29, 1.82) is 0 Å². The summed E-state index contributed by atoms with van der Waals surface area (Å²) in [5.74, 6) is -1.43. The smallest absolute Gasteiger partial charge is 0.336 e. The number of aliphatic carboxylic acids is 1. The summed E-state index contributed by atoms with van der Waals surface area (Å²) in [6, 6.07) is 5.94. The second-order valence-electron chi connectivity index (χ2n) is 6.07. The number of likely N-dealkylation sites (N-methyl/N-ethyl adjacent to an activating group) is 1. The Labute approximate surface area is 139 Å². The van der Waals surface area contributed by atoms with Gasteiger partial charge in [0, 0.05) is 35.3 Å². The summed E-state index contributed by atoms with van der Waals surface area (Å²) in [6.45, 7) is 1.11. The van der Waals surface area contributed by atoms with Gasteiger partial charge < -0.3 is 19.7 Å². The number of likely N-dealkylation sites (tertiary alicyclic amines) is 1. The molecular weight excluding hydrogens is 308 g/mol. The van der Waals surface area contributed by atoms with E-state index < -0.39 is 11.9 Å². The Balaban J connectivity index is 1.86. The normalized spacial score (nSPS) is 18.5. The van der Waals surface area contributed by atoms with E-state index >= 15 is 0 Å². The number of rotatable bonds is 5. The zero-order chi connectivity index (χ0) is 17.1. The molecule has 6 nitrogen and oxygen atoms in total. The van der Waals surface area contributed by atoms with Crippen molar-refractivity contribution in [2.24, 2.45) is 0 Å². The van der Waals surface area contributed by atoms with E-state index in [0.717, 1.165) is 48.0 Å². The van der Waals surface area contributed by atoms with Crippen LogP contribution in [-0.4, -0.2) is 46.6 Å². The molecule has 0 radical (unpaired) electrons. The number of carbonyl (C=O) groups is 2. The highest BCUT2D eigenvalue weighted by molar-refractivity contribution is 5.95. The van der Waals surface area contributed by atoms with Gasteiger partial charge in [-0.1, -0.05) is 6.07 Å². The molecule has 1 fully saturated rings. The van der Waals surface area contributed by atoms with Gasteiger partial charge in [0.1, 0.15) is 5.75 Å². The van der Waals surface area contributed by atoms with Crippen molar-refractivity contribution in [2.75, 3.05) is 13.6 Å². The number of ether oxygens (including phenoxy) is 1. The second-order valence-corrected chi connectivity index (χ2v) is 6.07. The number of H-pyrrole nitrogens is 1. The fourth-order valence-electron chi connectivity index (χ4n) is 3.24. The molecule has 3 rings (SSSR count). The lowest BCUT2D eigenvalue weighted by molar-refractivity contribution is -0.133. The minimum Gasteiger partial charge on any atom is -0.478 e. The maximum Gasteiger partial charge on any atom is 0.336 e. The Morgan fingerprint density at radius 2 is 2.25 bits per heavy atom. The van der Waals surface area contributed by atoms with Crippen molar-refractivity contribution < 1.29 is 19.4 Å². The van der Waals surface area contributed by atoms with Crippen LogP contribution in [0, 0.1) is 0 Å². The fourth-order valence-corrected chi connectivity index (χ4v) is 3.24. The summed E-state index contributed by atoms with van der Waals surface area (Å²) < 4.78 is 5.35. The van der Waals surface area contributed by atoms with Gasteiger partial charge in [-0.15, -0.1) is 0 Å². The number of benzene rings is 1. The fraction of sp³-hybridized carbons (Fsp3) is 0.333. The molecule has 1 aliphatic rings. The lowest BCUT2D eigenvalue weighted by atomic mass is 10.0. The molecule has 24 heavy (non-hydrogen) atoms. The zero-order valence-corrected chi connectivity index (χ0v) is 13.5. The highest BCUT2D eigenvalue weighted by Crippen LogP contribution is 2.31. The molecule has 2 N–H and O–H groups in total. The van der Waals surface area contributed by atoms with E-state index in [4.69, 9.17) is 9.84 Å². The van der Waals surface area contributed by atoms with E-state index in [1.807, 2.05) is 12.3 Å². The molecule has 1 saturated heterocycles. The van der Waals surface area contributed by atoms with E-state index in [2.05, 4.69) is 16.9 Å². The number of hydrogen-bond donors (Lipinski definition) is 2. The third kappa shape index (κ3) is 3.49. The quantitative estimate of drug-likeness (QED) is 0.500. The largest absolute Gasteiger partial charge is 0.478 e. The average molecular weight is 328 g/mol. The topological polar surface area (TPSA) is 82.6 Å². The molecule has 126 valence electrons. The molecule has 1 aromatic carbocycles. The molecule has 2 aromatic rings. The van der Waals surface area contributed by atoms with Crippen LogP contribution < -0.4 is 4.74 Å². The number of carboxylic acids is 1. The summed E-state index contributed by atoms with van der Waals surface area (Å²) in [6.07, 6.45) is 6.89. The van der Waals surface area contributed by atoms with E-state index in [-0.39, 0.29) is 0 Å². The van der Waals surface area contributed by atoms with Crippen LogP contribution in [0.25, 0.3) is 10.9 Å². The van der Waals surface area contributed by atoms with E-state index in [1.165, 1.54) is 6.42 Å². The molecule has 1 aromatic heterocycles. The van der Waals surface area contributed by atoms with Gasteiger partial charge in [-0.05, 0) is 50.6 Å². The molecule has 0 saturated carbocycles. The van der Waals surface area contributed by atoms with Gasteiger partial charge in [-0.2, -0.15) is 0 Å². The van der Waals surface area contributed by atoms with E-state index in [0.29, 0.717) is 11.8 Å². The predicted octanol–water partition coefficient (Wildman–Crippen LogP) is 2.35. The van der Waals surface area contributed by atoms with Gasteiger partial charge in [0.15, 0.2) is 0 Å². The first kappa shape index (κ1) is 16.3. The van der Waals surface area contributed by atoms with Gasteiger partial charge >= 0.3 is 11.9 Å². The van der Waals surface area contributed by atoms with E-state index in [9.17, 15) is 9.59 Å². The van der Waals surface area contributed by atoms with Crippen LogP contribution in [0.2, 0.25) is 0 Å². The number of aromatic nitrogens is 1. The first-order valence-electron chi connectivity index (χ1n) is 7.96. The summed E-state index contributed by atoms with van der Waals surface area (Å²) in [5, 5.41) is 9.48. The minimum absolute atomic E-state index is 0.449. The van der Waals surface area contributed by atoms with Gasteiger partial charge in [0.05, 0.1) is 0 Å². The first-order valence-corrected chi connectivity index (χ1v) is 7.96. The third-order valence-electron chi connectivity index (χ3n) is 4.45. The molecule has 2 heterocycles. The minimum atomic E-state index is -1.18. The van der Waals surface area contributed by atoms with Crippen molar-refractivity contribution in [2.45, 2.75) is 25.3 Å². The Morgan fingerprint density at radius 1 is 1.42 bits per heavy atom. The van der Waals surface area contributed by atoms with Gasteiger partial charge in [-0.25, -0.2) is 9.59 Å². The number of carbonyl (C=O) groups excluding carboxylic acids is 1. The summed E-state index contributed by atoms with van der Waals surface area (Å²) in [4.78, 5) is 27.9. The highest BCUT2D eigenvalue weighted by atomic mass is 16.5.